The van der Waals surface area contributed by atoms with Crippen LogP contribution in [0.1, 0.15) is 56.2 Å². The summed E-state index contributed by atoms with van der Waals surface area (Å²) in [5.74, 6) is -0.201. The zero-order valence-electron chi connectivity index (χ0n) is 16.5. The Morgan fingerprint density at radius 2 is 1.96 bits per heavy atom. The Bertz CT molecular complexity index is 943. The van der Waals surface area contributed by atoms with Gasteiger partial charge in [0.1, 0.15) is 11.5 Å². The number of rotatable bonds is 5. The zero-order valence-corrected chi connectivity index (χ0v) is 16.5. The SMILES string of the molecule is Cc1cc(C(C)NC2CC(C(=O)O)C2)c2nc(N3CCCCC3)cc(=O)n2c1. The number of pyridine rings is 1. The molecule has 2 aromatic heterocycles. The van der Waals surface area contributed by atoms with E-state index in [1.54, 1.807) is 10.5 Å². The summed E-state index contributed by atoms with van der Waals surface area (Å²) in [4.78, 5) is 30.9. The molecule has 3 heterocycles. The first kappa shape index (κ1) is 18.9. The molecule has 7 nitrogen and oxygen atoms in total. The summed E-state index contributed by atoms with van der Waals surface area (Å²) in [5, 5.41) is 12.6. The molecular weight excluding hydrogens is 356 g/mol. The fourth-order valence-corrected chi connectivity index (χ4v) is 4.36. The molecule has 0 aromatic carbocycles. The van der Waals surface area contributed by atoms with Crippen molar-refractivity contribution in [3.63, 3.8) is 0 Å². The van der Waals surface area contributed by atoms with Gasteiger partial charge in [0.05, 0.1) is 5.92 Å². The minimum atomic E-state index is -0.717. The third-order valence-electron chi connectivity index (χ3n) is 6.03. The number of carboxylic acid groups (broad SMARTS) is 1. The molecule has 0 amide bonds. The molecule has 150 valence electrons. The molecule has 2 fully saturated rings. The standard InChI is InChI=1S/C21H28N4O3/c1-13-8-17(14(2)22-16-9-15(10-16)21(27)28)20-23-18(11-19(26)25(20)12-13)24-6-4-3-5-7-24/h8,11-12,14-16,22H,3-7,9-10H2,1-2H3,(H,27,28). The first-order chi connectivity index (χ1) is 13.4. The van der Waals surface area contributed by atoms with Crippen molar-refractivity contribution >= 4 is 17.4 Å². The molecule has 1 saturated heterocycles. The molecule has 1 atom stereocenters. The molecule has 2 aromatic rings. The van der Waals surface area contributed by atoms with Crippen molar-refractivity contribution in [1.82, 2.24) is 14.7 Å². The highest BCUT2D eigenvalue weighted by Gasteiger charge is 2.35. The van der Waals surface area contributed by atoms with Crippen molar-refractivity contribution in [2.24, 2.45) is 5.92 Å². The van der Waals surface area contributed by atoms with E-state index in [1.807, 2.05) is 13.1 Å². The molecule has 7 heteroatoms. The number of fused-ring (bicyclic) bond motifs is 1. The minimum absolute atomic E-state index is 0.0156. The molecule has 1 unspecified atom stereocenters. The van der Waals surface area contributed by atoms with E-state index in [4.69, 9.17) is 10.1 Å². The number of carboxylic acids is 1. The summed E-state index contributed by atoms with van der Waals surface area (Å²) in [6.45, 7) is 5.92. The van der Waals surface area contributed by atoms with E-state index >= 15 is 0 Å². The smallest absolute Gasteiger partial charge is 0.306 e. The number of carbonyl (C=O) groups is 1. The number of nitrogens with zero attached hydrogens (tertiary/aromatic N) is 3. The first-order valence-electron chi connectivity index (χ1n) is 10.2. The molecule has 0 bridgehead atoms. The molecule has 0 spiro atoms. The summed E-state index contributed by atoms with van der Waals surface area (Å²) in [6.07, 6.45) is 6.63. The van der Waals surface area contributed by atoms with Gasteiger partial charge in [-0.1, -0.05) is 0 Å². The third kappa shape index (κ3) is 3.63. The summed E-state index contributed by atoms with van der Waals surface area (Å²) >= 11 is 0. The van der Waals surface area contributed by atoms with Gasteiger partial charge >= 0.3 is 5.97 Å². The Labute approximate surface area is 164 Å². The highest BCUT2D eigenvalue weighted by molar-refractivity contribution is 5.71. The van der Waals surface area contributed by atoms with Crippen LogP contribution in [0.4, 0.5) is 5.82 Å². The van der Waals surface area contributed by atoms with E-state index in [0.29, 0.717) is 18.5 Å². The summed E-state index contributed by atoms with van der Waals surface area (Å²) in [7, 11) is 0. The van der Waals surface area contributed by atoms with Crippen LogP contribution in [0.2, 0.25) is 0 Å². The fourth-order valence-electron chi connectivity index (χ4n) is 4.36. The van der Waals surface area contributed by atoms with Crippen LogP contribution >= 0.6 is 0 Å². The maximum atomic E-state index is 12.8. The predicted molar refractivity (Wildman–Crippen MR) is 108 cm³/mol. The Balaban J connectivity index is 1.65. The molecular formula is C21H28N4O3. The van der Waals surface area contributed by atoms with E-state index in [-0.39, 0.29) is 23.6 Å². The average molecular weight is 384 g/mol. The van der Waals surface area contributed by atoms with Crippen LogP contribution in [0, 0.1) is 12.8 Å². The number of hydrogen-bond donors (Lipinski definition) is 2. The lowest BCUT2D eigenvalue weighted by molar-refractivity contribution is -0.145. The van der Waals surface area contributed by atoms with E-state index < -0.39 is 5.97 Å². The first-order valence-corrected chi connectivity index (χ1v) is 10.2. The number of aryl methyl sites for hydroxylation is 1. The van der Waals surface area contributed by atoms with Crippen LogP contribution in [0.15, 0.2) is 23.1 Å². The molecule has 1 aliphatic heterocycles. The third-order valence-corrected chi connectivity index (χ3v) is 6.03. The maximum absolute atomic E-state index is 12.8. The van der Waals surface area contributed by atoms with Crippen molar-refractivity contribution in [3.05, 3.63) is 39.8 Å². The largest absolute Gasteiger partial charge is 0.481 e. The van der Waals surface area contributed by atoms with Crippen molar-refractivity contribution in [2.45, 2.75) is 58.0 Å². The Hall–Kier alpha value is -2.41. The van der Waals surface area contributed by atoms with E-state index in [1.165, 1.54) is 6.42 Å². The van der Waals surface area contributed by atoms with E-state index in [9.17, 15) is 9.59 Å². The van der Waals surface area contributed by atoms with Gasteiger partial charge in [-0.2, -0.15) is 0 Å². The quantitative estimate of drug-likeness (QED) is 0.824. The van der Waals surface area contributed by atoms with Crippen molar-refractivity contribution in [3.8, 4) is 0 Å². The second-order valence-corrected chi connectivity index (χ2v) is 8.26. The Kier molecular flexibility index (Phi) is 5.10. The molecule has 2 N–H and O–H groups in total. The lowest BCUT2D eigenvalue weighted by Gasteiger charge is -2.35. The number of aromatic nitrogens is 2. The highest BCUT2D eigenvalue weighted by Crippen LogP contribution is 2.30. The van der Waals surface area contributed by atoms with Gasteiger partial charge in [-0.15, -0.1) is 0 Å². The van der Waals surface area contributed by atoms with Crippen LogP contribution in [0.25, 0.3) is 5.65 Å². The van der Waals surface area contributed by atoms with Crippen LogP contribution in [-0.2, 0) is 4.79 Å². The molecule has 0 radical (unpaired) electrons. The molecule has 4 rings (SSSR count). The van der Waals surface area contributed by atoms with Gasteiger partial charge in [-0.05, 0) is 57.6 Å². The van der Waals surface area contributed by atoms with Gasteiger partial charge < -0.3 is 15.3 Å². The van der Waals surface area contributed by atoms with Crippen molar-refractivity contribution in [2.75, 3.05) is 18.0 Å². The van der Waals surface area contributed by atoms with Crippen LogP contribution < -0.4 is 15.8 Å². The summed E-state index contributed by atoms with van der Waals surface area (Å²) in [6, 6.07) is 3.89. The molecule has 28 heavy (non-hydrogen) atoms. The summed E-state index contributed by atoms with van der Waals surface area (Å²) in [5.41, 5.74) is 2.61. The Morgan fingerprint density at radius 1 is 1.25 bits per heavy atom. The zero-order chi connectivity index (χ0) is 19.8. The van der Waals surface area contributed by atoms with Gasteiger partial charge in [-0.3, -0.25) is 14.0 Å². The second kappa shape index (κ2) is 7.54. The van der Waals surface area contributed by atoms with Crippen LogP contribution in [0.3, 0.4) is 0 Å². The fraction of sp³-hybridized carbons (Fsp3) is 0.571. The topological polar surface area (TPSA) is 86.9 Å². The Morgan fingerprint density at radius 3 is 2.64 bits per heavy atom. The normalized spacial score (nSPS) is 23.4. The highest BCUT2D eigenvalue weighted by atomic mass is 16.4. The maximum Gasteiger partial charge on any atom is 0.306 e. The lowest BCUT2D eigenvalue weighted by Crippen LogP contribution is -2.45. The second-order valence-electron chi connectivity index (χ2n) is 8.26. The van der Waals surface area contributed by atoms with Gasteiger partial charge in [0.15, 0.2) is 0 Å². The summed E-state index contributed by atoms with van der Waals surface area (Å²) < 4.78 is 1.64. The number of anilines is 1. The molecule has 2 aliphatic rings. The van der Waals surface area contributed by atoms with E-state index in [0.717, 1.165) is 42.9 Å². The minimum Gasteiger partial charge on any atom is -0.481 e. The average Bonchev–Trinajstić information content (AvgIpc) is 2.64. The van der Waals surface area contributed by atoms with Crippen LogP contribution in [0.5, 0.6) is 0 Å². The number of hydrogen-bond acceptors (Lipinski definition) is 5. The van der Waals surface area contributed by atoms with Crippen LogP contribution in [-0.4, -0.2) is 39.6 Å². The molecule has 1 aliphatic carbocycles. The van der Waals surface area contributed by atoms with Gasteiger partial charge in [0, 0.05) is 43.0 Å². The number of nitrogens with one attached hydrogen (secondary N) is 1. The van der Waals surface area contributed by atoms with Gasteiger partial charge in [0.2, 0.25) is 0 Å². The monoisotopic (exact) mass is 384 g/mol. The van der Waals surface area contributed by atoms with Gasteiger partial charge in [-0.25, -0.2) is 4.98 Å². The number of piperidine rings is 1. The number of aliphatic carboxylic acids is 1. The molecule has 1 saturated carbocycles. The lowest BCUT2D eigenvalue weighted by atomic mass is 9.80. The van der Waals surface area contributed by atoms with Gasteiger partial charge in [0.25, 0.3) is 5.56 Å². The van der Waals surface area contributed by atoms with Crippen molar-refractivity contribution < 1.29 is 9.90 Å². The van der Waals surface area contributed by atoms with E-state index in [2.05, 4.69) is 23.2 Å². The van der Waals surface area contributed by atoms with Crippen molar-refractivity contribution in [1.29, 1.82) is 0 Å². The predicted octanol–water partition coefficient (Wildman–Crippen LogP) is 2.51.